The van der Waals surface area contributed by atoms with Crippen LogP contribution in [0.1, 0.15) is 28.8 Å². The topological polar surface area (TPSA) is 66.9 Å². The van der Waals surface area contributed by atoms with Crippen LogP contribution in [-0.2, 0) is 16.6 Å². The molecule has 1 amide bonds. The molecule has 2 aromatic rings. The second-order valence-corrected chi connectivity index (χ2v) is 8.67. The lowest BCUT2D eigenvalue weighted by molar-refractivity contribution is 0.0785. The van der Waals surface area contributed by atoms with E-state index in [1.165, 1.54) is 4.31 Å². The van der Waals surface area contributed by atoms with E-state index < -0.39 is 10.0 Å². The van der Waals surface area contributed by atoms with Crippen LogP contribution in [0.25, 0.3) is 0 Å². The number of sulfonamides is 1. The van der Waals surface area contributed by atoms with Gasteiger partial charge in [-0.15, -0.1) is 0 Å². The zero-order chi connectivity index (χ0) is 19.4. The van der Waals surface area contributed by atoms with Gasteiger partial charge in [0.2, 0.25) is 10.0 Å². The molecule has 0 aromatic heterocycles. The fourth-order valence-electron chi connectivity index (χ4n) is 3.19. The van der Waals surface area contributed by atoms with E-state index >= 15 is 0 Å². The Morgan fingerprint density at radius 1 is 1.15 bits per heavy atom. The maximum Gasteiger partial charge on any atom is 0.253 e. The van der Waals surface area contributed by atoms with Gasteiger partial charge in [-0.1, -0.05) is 12.1 Å². The molecule has 6 nitrogen and oxygen atoms in total. The van der Waals surface area contributed by atoms with Gasteiger partial charge in [-0.25, -0.2) is 8.42 Å². The normalized spacial score (nSPS) is 16.0. The Morgan fingerprint density at radius 2 is 1.89 bits per heavy atom. The van der Waals surface area contributed by atoms with Crippen molar-refractivity contribution in [2.45, 2.75) is 19.4 Å². The first-order valence-electron chi connectivity index (χ1n) is 8.89. The Morgan fingerprint density at radius 3 is 2.56 bits per heavy atom. The molecule has 3 rings (SSSR count). The second kappa shape index (κ2) is 8.00. The molecule has 0 atom stereocenters. The van der Waals surface area contributed by atoms with Gasteiger partial charge >= 0.3 is 0 Å². The fraction of sp³-hybridized carbons (Fsp3) is 0.350. The minimum absolute atomic E-state index is 0.120. The predicted molar refractivity (Wildman–Crippen MR) is 106 cm³/mol. The Kier molecular flexibility index (Phi) is 5.70. The van der Waals surface area contributed by atoms with Gasteiger partial charge in [0, 0.05) is 25.7 Å². The summed E-state index contributed by atoms with van der Waals surface area (Å²) in [6.07, 6.45) is 1.55. The summed E-state index contributed by atoms with van der Waals surface area (Å²) in [6, 6.07) is 14.4. The Labute approximate surface area is 160 Å². The standard InChI is InChI=1S/C20H24N2O4S/c1-21(15-16-6-5-7-19(14-16)26-2)20(23)17-8-10-18(11-9-17)22-12-3-4-13-27(22,24)25/h5-11,14H,3-4,12-13,15H2,1-2H3. The average Bonchev–Trinajstić information content (AvgIpc) is 2.67. The number of rotatable bonds is 5. The van der Waals surface area contributed by atoms with Gasteiger partial charge in [-0.05, 0) is 54.8 Å². The van der Waals surface area contributed by atoms with Crippen molar-refractivity contribution < 1.29 is 17.9 Å². The van der Waals surface area contributed by atoms with Crippen LogP contribution in [0.2, 0.25) is 0 Å². The molecule has 0 aliphatic carbocycles. The fourth-order valence-corrected chi connectivity index (χ4v) is 4.83. The monoisotopic (exact) mass is 388 g/mol. The number of hydrogen-bond donors (Lipinski definition) is 0. The third-order valence-corrected chi connectivity index (χ3v) is 6.52. The van der Waals surface area contributed by atoms with E-state index in [-0.39, 0.29) is 11.7 Å². The SMILES string of the molecule is COc1cccc(CN(C)C(=O)c2ccc(N3CCCCS3(=O)=O)cc2)c1. The smallest absolute Gasteiger partial charge is 0.253 e. The Bertz CT molecular complexity index is 910. The quantitative estimate of drug-likeness (QED) is 0.790. The third-order valence-electron chi connectivity index (χ3n) is 4.65. The van der Waals surface area contributed by atoms with Gasteiger partial charge in [0.15, 0.2) is 0 Å². The number of carbonyl (C=O) groups is 1. The number of carbonyl (C=O) groups excluding carboxylic acids is 1. The lowest BCUT2D eigenvalue weighted by Crippen LogP contribution is -2.37. The van der Waals surface area contributed by atoms with Crippen molar-refractivity contribution >= 4 is 21.6 Å². The molecule has 1 aliphatic rings. The van der Waals surface area contributed by atoms with Crippen molar-refractivity contribution in [2.75, 3.05) is 30.8 Å². The highest BCUT2D eigenvalue weighted by atomic mass is 32.2. The molecule has 0 spiro atoms. The van der Waals surface area contributed by atoms with Gasteiger partial charge in [-0.2, -0.15) is 0 Å². The summed E-state index contributed by atoms with van der Waals surface area (Å²) >= 11 is 0. The van der Waals surface area contributed by atoms with Crippen LogP contribution in [0, 0.1) is 0 Å². The molecule has 7 heteroatoms. The average molecular weight is 388 g/mol. The maximum absolute atomic E-state index is 12.7. The van der Waals surface area contributed by atoms with Crippen molar-refractivity contribution in [3.63, 3.8) is 0 Å². The molecule has 2 aromatic carbocycles. The summed E-state index contributed by atoms with van der Waals surface area (Å²) < 4.78 is 31.1. The molecule has 1 saturated heterocycles. The largest absolute Gasteiger partial charge is 0.497 e. The molecular weight excluding hydrogens is 364 g/mol. The number of hydrogen-bond acceptors (Lipinski definition) is 4. The molecule has 1 heterocycles. The van der Waals surface area contributed by atoms with Crippen LogP contribution in [-0.4, -0.2) is 45.7 Å². The second-order valence-electron chi connectivity index (χ2n) is 6.65. The van der Waals surface area contributed by atoms with Crippen LogP contribution in [0.15, 0.2) is 48.5 Å². The van der Waals surface area contributed by atoms with Gasteiger partial charge in [-0.3, -0.25) is 9.10 Å². The highest BCUT2D eigenvalue weighted by Crippen LogP contribution is 2.24. The van der Waals surface area contributed by atoms with Crippen molar-refractivity contribution in [1.82, 2.24) is 4.90 Å². The summed E-state index contributed by atoms with van der Waals surface area (Å²) in [5.41, 5.74) is 2.11. The molecule has 0 radical (unpaired) electrons. The lowest BCUT2D eigenvalue weighted by atomic mass is 10.1. The number of nitrogens with zero attached hydrogens (tertiary/aromatic N) is 2. The summed E-state index contributed by atoms with van der Waals surface area (Å²) in [6.45, 7) is 0.948. The Hall–Kier alpha value is -2.54. The first kappa shape index (κ1) is 19.2. The lowest BCUT2D eigenvalue weighted by Gasteiger charge is -2.28. The highest BCUT2D eigenvalue weighted by molar-refractivity contribution is 7.92. The van der Waals surface area contributed by atoms with Gasteiger partial charge in [0.1, 0.15) is 5.75 Å². The van der Waals surface area contributed by atoms with Gasteiger partial charge in [0.25, 0.3) is 5.91 Å². The van der Waals surface area contributed by atoms with E-state index in [1.54, 1.807) is 43.3 Å². The van der Waals surface area contributed by atoms with E-state index in [2.05, 4.69) is 0 Å². The van der Waals surface area contributed by atoms with Crippen molar-refractivity contribution in [3.05, 3.63) is 59.7 Å². The molecule has 1 fully saturated rings. The van der Waals surface area contributed by atoms with E-state index in [0.29, 0.717) is 30.8 Å². The third kappa shape index (κ3) is 4.42. The van der Waals surface area contributed by atoms with Crippen molar-refractivity contribution in [1.29, 1.82) is 0 Å². The van der Waals surface area contributed by atoms with Crippen LogP contribution >= 0.6 is 0 Å². The van der Waals surface area contributed by atoms with Crippen LogP contribution in [0.3, 0.4) is 0 Å². The summed E-state index contributed by atoms with van der Waals surface area (Å²) in [4.78, 5) is 14.3. The molecular formula is C20H24N2O4S. The number of amides is 1. The predicted octanol–water partition coefficient (Wildman–Crippen LogP) is 2.90. The first-order valence-corrected chi connectivity index (χ1v) is 10.5. The van der Waals surface area contributed by atoms with E-state index in [0.717, 1.165) is 17.7 Å². The van der Waals surface area contributed by atoms with E-state index in [4.69, 9.17) is 4.74 Å². The molecule has 0 N–H and O–H groups in total. The van der Waals surface area contributed by atoms with Crippen LogP contribution < -0.4 is 9.04 Å². The van der Waals surface area contributed by atoms with Gasteiger partial charge < -0.3 is 9.64 Å². The number of anilines is 1. The minimum Gasteiger partial charge on any atom is -0.497 e. The summed E-state index contributed by atoms with van der Waals surface area (Å²) in [7, 11) is 0.103. The van der Waals surface area contributed by atoms with Gasteiger partial charge in [0.05, 0.1) is 18.6 Å². The van der Waals surface area contributed by atoms with E-state index in [9.17, 15) is 13.2 Å². The highest BCUT2D eigenvalue weighted by Gasteiger charge is 2.26. The Balaban J connectivity index is 1.71. The molecule has 27 heavy (non-hydrogen) atoms. The summed E-state index contributed by atoms with van der Waals surface area (Å²) in [5, 5.41) is 0. The maximum atomic E-state index is 12.7. The zero-order valence-corrected chi connectivity index (χ0v) is 16.4. The molecule has 144 valence electrons. The number of ether oxygens (including phenoxy) is 1. The molecule has 0 bridgehead atoms. The summed E-state index contributed by atoms with van der Waals surface area (Å²) in [5.74, 6) is 0.808. The van der Waals surface area contributed by atoms with Crippen LogP contribution in [0.4, 0.5) is 5.69 Å². The molecule has 0 saturated carbocycles. The molecule has 0 unspecified atom stereocenters. The van der Waals surface area contributed by atoms with E-state index in [1.807, 2.05) is 24.3 Å². The minimum atomic E-state index is -3.25. The zero-order valence-electron chi connectivity index (χ0n) is 15.6. The molecule has 1 aliphatic heterocycles. The van der Waals surface area contributed by atoms with Crippen LogP contribution in [0.5, 0.6) is 5.75 Å². The van der Waals surface area contributed by atoms with Crippen molar-refractivity contribution in [3.8, 4) is 5.75 Å². The number of benzene rings is 2. The first-order chi connectivity index (χ1) is 12.9. The van der Waals surface area contributed by atoms with Crippen molar-refractivity contribution in [2.24, 2.45) is 0 Å². The number of methoxy groups -OCH3 is 1.